The minimum absolute atomic E-state index is 0.0395. The first-order valence-corrected chi connectivity index (χ1v) is 10.8. The van der Waals surface area contributed by atoms with Crippen molar-refractivity contribution in [3.05, 3.63) is 76.0 Å². The standard InChI is InChI=1S/C24H28N2O3S/c1-16(2)17-7-9-18(10-8-17)24(22-6-5-13-30-22)25-15-23(27)26-19-11-12-20(28-3)21(14-19)29-4/h5-14,16,24-25H,15H2,1-4H3,(H,26,27)/t24-/m1/s1. The Bertz CT molecular complexity index is 953. The van der Waals surface area contributed by atoms with Crippen LogP contribution in [0.15, 0.2) is 60.0 Å². The van der Waals surface area contributed by atoms with E-state index in [2.05, 4.69) is 60.2 Å². The Kier molecular flexibility index (Phi) is 7.49. The lowest BCUT2D eigenvalue weighted by Gasteiger charge is -2.19. The number of methoxy groups -OCH3 is 2. The van der Waals surface area contributed by atoms with Crippen molar-refractivity contribution in [2.75, 3.05) is 26.1 Å². The van der Waals surface area contributed by atoms with E-state index in [9.17, 15) is 4.79 Å². The molecule has 3 aromatic rings. The SMILES string of the molecule is COc1ccc(NC(=O)CN[C@H](c2ccc(C(C)C)cc2)c2cccs2)cc1OC. The molecule has 0 radical (unpaired) electrons. The Morgan fingerprint density at radius 2 is 1.67 bits per heavy atom. The summed E-state index contributed by atoms with van der Waals surface area (Å²) in [6.07, 6.45) is 0. The van der Waals surface area contributed by atoms with Gasteiger partial charge in [0.1, 0.15) is 0 Å². The minimum Gasteiger partial charge on any atom is -0.493 e. The summed E-state index contributed by atoms with van der Waals surface area (Å²) in [5.41, 5.74) is 3.10. The summed E-state index contributed by atoms with van der Waals surface area (Å²) in [6, 6.07) is 18.0. The minimum atomic E-state index is -0.123. The van der Waals surface area contributed by atoms with Crippen molar-refractivity contribution in [1.82, 2.24) is 5.32 Å². The second-order valence-electron chi connectivity index (χ2n) is 7.27. The molecule has 0 saturated carbocycles. The lowest BCUT2D eigenvalue weighted by atomic mass is 9.98. The molecule has 1 heterocycles. The van der Waals surface area contributed by atoms with Crippen LogP contribution in [0.5, 0.6) is 11.5 Å². The lowest BCUT2D eigenvalue weighted by Crippen LogP contribution is -2.31. The molecule has 0 fully saturated rings. The van der Waals surface area contributed by atoms with E-state index in [1.54, 1.807) is 43.8 Å². The molecule has 5 nitrogen and oxygen atoms in total. The number of benzene rings is 2. The average molecular weight is 425 g/mol. The predicted octanol–water partition coefficient (Wildman–Crippen LogP) is 5.21. The van der Waals surface area contributed by atoms with Crippen LogP contribution in [0.3, 0.4) is 0 Å². The van der Waals surface area contributed by atoms with Crippen molar-refractivity contribution in [2.24, 2.45) is 0 Å². The second kappa shape index (κ2) is 10.3. The van der Waals surface area contributed by atoms with Crippen LogP contribution in [0.2, 0.25) is 0 Å². The Morgan fingerprint density at radius 3 is 2.27 bits per heavy atom. The van der Waals surface area contributed by atoms with Gasteiger partial charge in [-0.15, -0.1) is 11.3 Å². The van der Waals surface area contributed by atoms with Gasteiger partial charge in [0, 0.05) is 16.6 Å². The van der Waals surface area contributed by atoms with Crippen molar-refractivity contribution >= 4 is 22.9 Å². The van der Waals surface area contributed by atoms with Gasteiger partial charge in [-0.25, -0.2) is 0 Å². The highest BCUT2D eigenvalue weighted by Crippen LogP contribution is 2.30. The van der Waals surface area contributed by atoms with Crippen molar-refractivity contribution in [1.29, 1.82) is 0 Å². The number of rotatable bonds is 9. The number of hydrogen-bond donors (Lipinski definition) is 2. The Balaban J connectivity index is 1.69. The molecule has 0 bridgehead atoms. The monoisotopic (exact) mass is 424 g/mol. The average Bonchev–Trinajstić information content (AvgIpc) is 3.28. The molecule has 0 aliphatic heterocycles. The molecule has 2 N–H and O–H groups in total. The van der Waals surface area contributed by atoms with Crippen LogP contribution in [0.1, 0.15) is 41.8 Å². The number of nitrogens with one attached hydrogen (secondary N) is 2. The van der Waals surface area contributed by atoms with Gasteiger partial charge in [0.25, 0.3) is 0 Å². The molecule has 158 valence electrons. The van der Waals surface area contributed by atoms with Crippen LogP contribution < -0.4 is 20.1 Å². The Hall–Kier alpha value is -2.83. The molecule has 1 amide bonds. The van der Waals surface area contributed by atoms with Crippen LogP contribution in [0.4, 0.5) is 5.69 Å². The largest absolute Gasteiger partial charge is 0.493 e. The smallest absolute Gasteiger partial charge is 0.238 e. The molecule has 30 heavy (non-hydrogen) atoms. The maximum absolute atomic E-state index is 12.6. The van der Waals surface area contributed by atoms with Gasteiger partial charge in [-0.3, -0.25) is 10.1 Å². The third-order valence-corrected chi connectivity index (χ3v) is 5.84. The summed E-state index contributed by atoms with van der Waals surface area (Å²) in [5.74, 6) is 1.56. The predicted molar refractivity (Wildman–Crippen MR) is 123 cm³/mol. The summed E-state index contributed by atoms with van der Waals surface area (Å²) >= 11 is 1.68. The van der Waals surface area contributed by atoms with Gasteiger partial charge in [0.2, 0.25) is 5.91 Å². The van der Waals surface area contributed by atoms with Crippen molar-refractivity contribution in [3.63, 3.8) is 0 Å². The number of thiophene rings is 1. The fourth-order valence-electron chi connectivity index (χ4n) is 3.23. The first-order valence-electron chi connectivity index (χ1n) is 9.90. The van der Waals surface area contributed by atoms with Crippen LogP contribution in [0, 0.1) is 0 Å². The van der Waals surface area contributed by atoms with E-state index in [-0.39, 0.29) is 18.5 Å². The molecular weight excluding hydrogens is 396 g/mol. The number of carbonyl (C=O) groups is 1. The highest BCUT2D eigenvalue weighted by molar-refractivity contribution is 7.10. The van der Waals surface area contributed by atoms with Gasteiger partial charge >= 0.3 is 0 Å². The fraction of sp³-hybridized carbons (Fsp3) is 0.292. The molecule has 0 unspecified atom stereocenters. The molecule has 3 rings (SSSR count). The van der Waals surface area contributed by atoms with E-state index in [0.29, 0.717) is 23.1 Å². The van der Waals surface area contributed by atoms with Gasteiger partial charge in [0.15, 0.2) is 11.5 Å². The van der Waals surface area contributed by atoms with Crippen LogP contribution in [-0.2, 0) is 4.79 Å². The summed E-state index contributed by atoms with van der Waals surface area (Å²) < 4.78 is 10.5. The van der Waals surface area contributed by atoms with Gasteiger partial charge in [-0.2, -0.15) is 0 Å². The molecule has 6 heteroatoms. The molecule has 0 aliphatic carbocycles. The molecule has 0 spiro atoms. The van der Waals surface area contributed by atoms with E-state index < -0.39 is 0 Å². The Morgan fingerprint density at radius 1 is 0.967 bits per heavy atom. The van der Waals surface area contributed by atoms with Crippen molar-refractivity contribution in [2.45, 2.75) is 25.8 Å². The first-order chi connectivity index (χ1) is 14.5. The normalized spacial score (nSPS) is 11.9. The van der Waals surface area contributed by atoms with Gasteiger partial charge in [-0.1, -0.05) is 44.2 Å². The second-order valence-corrected chi connectivity index (χ2v) is 8.25. The summed E-state index contributed by atoms with van der Waals surface area (Å²) in [4.78, 5) is 13.7. The third kappa shape index (κ3) is 5.40. The molecule has 1 atom stereocenters. The summed E-state index contributed by atoms with van der Waals surface area (Å²) in [6.45, 7) is 4.55. The summed E-state index contributed by atoms with van der Waals surface area (Å²) in [7, 11) is 3.15. The zero-order valence-corrected chi connectivity index (χ0v) is 18.6. The van der Waals surface area contributed by atoms with E-state index in [0.717, 1.165) is 5.56 Å². The van der Waals surface area contributed by atoms with Gasteiger partial charge < -0.3 is 14.8 Å². The summed E-state index contributed by atoms with van der Waals surface area (Å²) in [5, 5.41) is 8.36. The van der Waals surface area contributed by atoms with Crippen molar-refractivity contribution < 1.29 is 14.3 Å². The van der Waals surface area contributed by atoms with Gasteiger partial charge in [-0.05, 0) is 40.6 Å². The lowest BCUT2D eigenvalue weighted by molar-refractivity contribution is -0.115. The molecule has 0 aliphatic rings. The number of anilines is 1. The van der Waals surface area contributed by atoms with E-state index in [1.165, 1.54) is 10.4 Å². The van der Waals surface area contributed by atoms with Crippen LogP contribution >= 0.6 is 11.3 Å². The third-order valence-electron chi connectivity index (χ3n) is 4.90. The molecule has 1 aromatic heterocycles. The number of ether oxygens (including phenoxy) is 2. The maximum Gasteiger partial charge on any atom is 0.238 e. The highest BCUT2D eigenvalue weighted by Gasteiger charge is 2.17. The number of amides is 1. The highest BCUT2D eigenvalue weighted by atomic mass is 32.1. The van der Waals surface area contributed by atoms with E-state index in [4.69, 9.17) is 9.47 Å². The first kappa shape index (κ1) is 21.9. The zero-order chi connectivity index (χ0) is 21.5. The molecule has 2 aromatic carbocycles. The molecular formula is C24H28N2O3S. The topological polar surface area (TPSA) is 59.6 Å². The van der Waals surface area contributed by atoms with E-state index in [1.807, 2.05) is 6.07 Å². The van der Waals surface area contributed by atoms with Crippen LogP contribution in [0.25, 0.3) is 0 Å². The van der Waals surface area contributed by atoms with Crippen molar-refractivity contribution in [3.8, 4) is 11.5 Å². The van der Waals surface area contributed by atoms with Crippen LogP contribution in [-0.4, -0.2) is 26.7 Å². The maximum atomic E-state index is 12.6. The quantitative estimate of drug-likeness (QED) is 0.495. The van der Waals surface area contributed by atoms with Gasteiger partial charge in [0.05, 0.1) is 26.8 Å². The molecule has 0 saturated heterocycles. The van der Waals surface area contributed by atoms with E-state index >= 15 is 0 Å². The fourth-order valence-corrected chi connectivity index (χ4v) is 4.05. The Labute approximate surface area is 182 Å². The zero-order valence-electron chi connectivity index (χ0n) is 17.8. The number of carbonyl (C=O) groups excluding carboxylic acids is 1. The number of hydrogen-bond acceptors (Lipinski definition) is 5.